The van der Waals surface area contributed by atoms with Gasteiger partial charge in [0, 0.05) is 25.6 Å². The molecule has 11 nitrogen and oxygen atoms in total. The summed E-state index contributed by atoms with van der Waals surface area (Å²) in [4.78, 5) is 43.9. The summed E-state index contributed by atoms with van der Waals surface area (Å²) in [5, 5.41) is 11.6. The number of phosphoric ester groups is 1. The number of nitrogens with one attached hydrogen (secondary N) is 1. The van der Waals surface area contributed by atoms with Gasteiger partial charge in [-0.2, -0.15) is 4.98 Å². The van der Waals surface area contributed by atoms with Crippen LogP contribution in [0.1, 0.15) is 19.6 Å². The highest BCUT2D eigenvalue weighted by molar-refractivity contribution is 7.46. The molecule has 0 unspecified atom stereocenters. The number of carbonyl (C=O) groups excluding carboxylic acids is 1. The van der Waals surface area contributed by atoms with Crippen molar-refractivity contribution >= 4 is 19.7 Å². The first-order chi connectivity index (χ1) is 10.7. The van der Waals surface area contributed by atoms with Gasteiger partial charge in [0.25, 0.3) is 5.56 Å². The standard InChI is InChI=1S/C11H16N3O8P/c1-6(16)12-11-13-9(17)2-3-14(11)10-4-7(8(5-15)21-10)22-23(18,19)20/h2-3,7-8,10,15H,4-5H2,1H3,(H2,18,19,20)(H,12,13,16,17)/t7-,8+,10+/m0/s1. The number of nitrogens with zero attached hydrogens (tertiary/aromatic N) is 2. The molecular formula is C11H16N3O8P. The Morgan fingerprint density at radius 3 is 2.87 bits per heavy atom. The van der Waals surface area contributed by atoms with Gasteiger partial charge in [-0.05, 0) is 0 Å². The summed E-state index contributed by atoms with van der Waals surface area (Å²) < 4.78 is 22.3. The predicted molar refractivity (Wildman–Crippen MR) is 75.3 cm³/mol. The van der Waals surface area contributed by atoms with E-state index in [1.54, 1.807) is 0 Å². The molecule has 1 aliphatic rings. The number of carbonyl (C=O) groups is 1. The van der Waals surface area contributed by atoms with Gasteiger partial charge in [-0.25, -0.2) is 4.57 Å². The van der Waals surface area contributed by atoms with Gasteiger partial charge < -0.3 is 19.6 Å². The number of aliphatic hydroxyl groups is 1. The highest BCUT2D eigenvalue weighted by Crippen LogP contribution is 2.43. The van der Waals surface area contributed by atoms with E-state index in [0.29, 0.717) is 0 Å². The maximum Gasteiger partial charge on any atom is 0.469 e. The molecule has 1 amide bonds. The number of amides is 1. The lowest BCUT2D eigenvalue weighted by Gasteiger charge is -2.18. The Morgan fingerprint density at radius 2 is 2.30 bits per heavy atom. The summed E-state index contributed by atoms with van der Waals surface area (Å²) >= 11 is 0. The van der Waals surface area contributed by atoms with Gasteiger partial charge in [-0.1, -0.05) is 0 Å². The Kier molecular flexibility index (Phi) is 5.30. The van der Waals surface area contributed by atoms with Crippen molar-refractivity contribution in [3.8, 4) is 0 Å². The van der Waals surface area contributed by atoms with Crippen LogP contribution in [0.3, 0.4) is 0 Å². The van der Waals surface area contributed by atoms with Crippen molar-refractivity contribution in [2.75, 3.05) is 11.9 Å². The van der Waals surface area contributed by atoms with E-state index in [-0.39, 0.29) is 12.4 Å². The Bertz CT molecular complexity index is 686. The zero-order valence-corrected chi connectivity index (χ0v) is 12.9. The predicted octanol–water partition coefficient (Wildman–Crippen LogP) is -1.04. The molecule has 128 valence electrons. The Hall–Kier alpha value is -1.62. The van der Waals surface area contributed by atoms with Crippen LogP contribution in [0.2, 0.25) is 0 Å². The fourth-order valence-electron chi connectivity index (χ4n) is 2.22. The number of aromatic nitrogens is 2. The molecule has 0 aliphatic carbocycles. The van der Waals surface area contributed by atoms with Crippen LogP contribution in [0, 0.1) is 0 Å². The third kappa shape index (κ3) is 4.67. The van der Waals surface area contributed by atoms with E-state index in [4.69, 9.17) is 14.5 Å². The zero-order chi connectivity index (χ0) is 17.2. The number of phosphoric acid groups is 1. The van der Waals surface area contributed by atoms with Crippen molar-refractivity contribution in [1.29, 1.82) is 0 Å². The summed E-state index contributed by atoms with van der Waals surface area (Å²) in [7, 11) is -4.76. The zero-order valence-electron chi connectivity index (χ0n) is 12.0. The molecule has 4 N–H and O–H groups in total. The normalized spacial score (nSPS) is 24.6. The SMILES string of the molecule is CC(=O)Nc1nc(=O)ccn1[C@H]1C[C@H](OP(=O)(O)O)[C@@H](CO)O1. The monoisotopic (exact) mass is 349 g/mol. The van der Waals surface area contributed by atoms with E-state index in [1.165, 1.54) is 17.7 Å². The second-order valence-corrected chi connectivity index (χ2v) is 6.05. The lowest BCUT2D eigenvalue weighted by Crippen LogP contribution is -2.27. The molecule has 23 heavy (non-hydrogen) atoms. The average Bonchev–Trinajstić information content (AvgIpc) is 2.78. The third-order valence-electron chi connectivity index (χ3n) is 3.07. The lowest BCUT2D eigenvalue weighted by molar-refractivity contribution is -0.114. The molecule has 0 bridgehead atoms. The van der Waals surface area contributed by atoms with Crippen LogP contribution >= 0.6 is 7.82 Å². The molecule has 2 heterocycles. The van der Waals surface area contributed by atoms with Crippen molar-refractivity contribution in [3.05, 3.63) is 22.6 Å². The van der Waals surface area contributed by atoms with Gasteiger partial charge in [-0.15, -0.1) is 0 Å². The third-order valence-corrected chi connectivity index (χ3v) is 3.62. The van der Waals surface area contributed by atoms with Gasteiger partial charge in [0.05, 0.1) is 6.61 Å². The Labute approximate surface area is 130 Å². The minimum atomic E-state index is -4.76. The summed E-state index contributed by atoms with van der Waals surface area (Å²) in [5.41, 5.74) is -0.579. The van der Waals surface area contributed by atoms with E-state index in [2.05, 4.69) is 14.8 Å². The highest BCUT2D eigenvalue weighted by Gasteiger charge is 2.40. The van der Waals surface area contributed by atoms with Crippen LogP contribution in [-0.4, -0.2) is 49.2 Å². The van der Waals surface area contributed by atoms with Crippen molar-refractivity contribution in [3.63, 3.8) is 0 Å². The lowest BCUT2D eigenvalue weighted by atomic mass is 10.2. The molecule has 1 fully saturated rings. The quantitative estimate of drug-likeness (QED) is 0.487. The second kappa shape index (κ2) is 6.87. The molecule has 0 aromatic carbocycles. The van der Waals surface area contributed by atoms with E-state index in [1.807, 2.05) is 0 Å². The molecule has 0 saturated carbocycles. The van der Waals surface area contributed by atoms with E-state index < -0.39 is 44.3 Å². The second-order valence-electron chi connectivity index (χ2n) is 4.86. The van der Waals surface area contributed by atoms with Crippen LogP contribution in [0.15, 0.2) is 17.1 Å². The molecule has 1 aliphatic heterocycles. The number of rotatable bonds is 5. The molecular weight excluding hydrogens is 333 g/mol. The van der Waals surface area contributed by atoms with Crippen molar-refractivity contribution in [2.24, 2.45) is 0 Å². The fourth-order valence-corrected chi connectivity index (χ4v) is 2.79. The molecule has 2 rings (SSSR count). The molecule has 12 heteroatoms. The van der Waals surface area contributed by atoms with Gasteiger partial charge in [0.1, 0.15) is 18.4 Å². The smallest absolute Gasteiger partial charge is 0.394 e. The van der Waals surface area contributed by atoms with Crippen LogP contribution in [0.25, 0.3) is 0 Å². The number of hydrogen-bond acceptors (Lipinski definition) is 7. The van der Waals surface area contributed by atoms with Gasteiger partial charge in [-0.3, -0.25) is 24.0 Å². The molecule has 3 atom stereocenters. The minimum absolute atomic E-state index is 0.0204. The first kappa shape index (κ1) is 17.7. The highest BCUT2D eigenvalue weighted by atomic mass is 31.2. The van der Waals surface area contributed by atoms with Crippen LogP contribution in [-0.2, 0) is 18.6 Å². The summed E-state index contributed by atoms with van der Waals surface area (Å²) in [6.07, 6.45) is -1.57. The molecule has 0 radical (unpaired) electrons. The van der Waals surface area contributed by atoms with Crippen molar-refractivity contribution in [1.82, 2.24) is 9.55 Å². The van der Waals surface area contributed by atoms with E-state index in [0.717, 1.165) is 6.07 Å². The van der Waals surface area contributed by atoms with Crippen LogP contribution in [0.5, 0.6) is 0 Å². The van der Waals surface area contributed by atoms with Gasteiger partial charge >= 0.3 is 7.82 Å². The van der Waals surface area contributed by atoms with Crippen LogP contribution < -0.4 is 10.9 Å². The van der Waals surface area contributed by atoms with Gasteiger partial charge in [0.15, 0.2) is 0 Å². The summed E-state index contributed by atoms with van der Waals surface area (Å²) in [5.74, 6) is -0.542. The van der Waals surface area contributed by atoms with Crippen molar-refractivity contribution in [2.45, 2.75) is 31.8 Å². The Balaban J connectivity index is 2.27. The number of aliphatic hydroxyl groups excluding tert-OH is 1. The number of ether oxygens (including phenoxy) is 1. The average molecular weight is 349 g/mol. The first-order valence-electron chi connectivity index (χ1n) is 6.56. The molecule has 1 aromatic heterocycles. The van der Waals surface area contributed by atoms with E-state index >= 15 is 0 Å². The molecule has 0 spiro atoms. The van der Waals surface area contributed by atoms with Crippen LogP contribution in [0.4, 0.5) is 5.95 Å². The topological polar surface area (TPSA) is 160 Å². The minimum Gasteiger partial charge on any atom is -0.394 e. The maximum absolute atomic E-state index is 11.3. The first-order valence-corrected chi connectivity index (χ1v) is 8.09. The maximum atomic E-state index is 11.3. The summed E-state index contributed by atoms with van der Waals surface area (Å²) in [6, 6.07) is 1.14. The number of anilines is 1. The fraction of sp³-hybridized carbons (Fsp3) is 0.545. The molecule has 1 aromatic rings. The van der Waals surface area contributed by atoms with Gasteiger partial charge in [0.2, 0.25) is 11.9 Å². The number of hydrogen-bond donors (Lipinski definition) is 4. The molecule has 1 saturated heterocycles. The summed E-state index contributed by atoms with van der Waals surface area (Å²) in [6.45, 7) is 0.708. The van der Waals surface area contributed by atoms with E-state index in [9.17, 15) is 19.3 Å². The van der Waals surface area contributed by atoms with Crippen molar-refractivity contribution < 1.29 is 33.5 Å². The Morgan fingerprint density at radius 1 is 1.61 bits per heavy atom. The largest absolute Gasteiger partial charge is 0.469 e.